The van der Waals surface area contributed by atoms with Crippen molar-refractivity contribution in [2.75, 3.05) is 19.6 Å². The van der Waals surface area contributed by atoms with Crippen LogP contribution in [0.1, 0.15) is 44.8 Å². The van der Waals surface area contributed by atoms with Gasteiger partial charge in [-0.2, -0.15) is 0 Å². The van der Waals surface area contributed by atoms with Gasteiger partial charge in [-0.3, -0.25) is 4.79 Å². The quantitative estimate of drug-likeness (QED) is 0.861. The lowest BCUT2D eigenvalue weighted by molar-refractivity contribution is -0.135. The van der Waals surface area contributed by atoms with Crippen LogP contribution in [0.5, 0.6) is 0 Å². The lowest BCUT2D eigenvalue weighted by Gasteiger charge is -2.29. The van der Waals surface area contributed by atoms with Crippen LogP contribution in [0, 0.1) is 0 Å². The molecule has 19 heavy (non-hydrogen) atoms. The summed E-state index contributed by atoms with van der Waals surface area (Å²) in [6.45, 7) is 7.29. The number of rotatable bonds is 5. The van der Waals surface area contributed by atoms with Crippen LogP contribution in [0.2, 0.25) is 0 Å². The Balaban J connectivity index is 1.95. The topological polar surface area (TPSA) is 63.1 Å². The third-order valence-corrected chi connectivity index (χ3v) is 3.54. The molecule has 1 unspecified atom stereocenters. The molecular formula is C13H23N5O. The van der Waals surface area contributed by atoms with Gasteiger partial charge in [-0.15, -0.1) is 5.10 Å². The lowest BCUT2D eigenvalue weighted by Crippen LogP contribution is -2.39. The standard InChI is InChI=1S/C13H23N5O/c1-3-14-9-12-10-18(16-15-12)11(2)13(19)17-7-5-4-6-8-17/h10-11,14H,3-9H2,1-2H3. The fourth-order valence-corrected chi connectivity index (χ4v) is 2.33. The number of nitrogens with zero attached hydrogens (tertiary/aromatic N) is 4. The largest absolute Gasteiger partial charge is 0.341 e. The Morgan fingerprint density at radius 1 is 1.42 bits per heavy atom. The van der Waals surface area contributed by atoms with Crippen molar-refractivity contribution in [1.82, 2.24) is 25.2 Å². The average molecular weight is 265 g/mol. The van der Waals surface area contributed by atoms with Gasteiger partial charge in [0.2, 0.25) is 5.91 Å². The molecule has 1 amide bonds. The summed E-state index contributed by atoms with van der Waals surface area (Å²) in [7, 11) is 0. The van der Waals surface area contributed by atoms with Gasteiger partial charge in [0.05, 0.1) is 11.9 Å². The highest BCUT2D eigenvalue weighted by atomic mass is 16.2. The van der Waals surface area contributed by atoms with E-state index in [0.29, 0.717) is 6.54 Å². The predicted octanol–water partition coefficient (Wildman–Crippen LogP) is 0.961. The van der Waals surface area contributed by atoms with Gasteiger partial charge in [0.25, 0.3) is 0 Å². The maximum absolute atomic E-state index is 12.3. The zero-order valence-corrected chi connectivity index (χ0v) is 11.8. The van der Waals surface area contributed by atoms with Gasteiger partial charge >= 0.3 is 0 Å². The molecule has 1 aliphatic rings. The van der Waals surface area contributed by atoms with E-state index in [2.05, 4.69) is 15.6 Å². The summed E-state index contributed by atoms with van der Waals surface area (Å²) >= 11 is 0. The van der Waals surface area contributed by atoms with Crippen LogP contribution in [0.3, 0.4) is 0 Å². The van der Waals surface area contributed by atoms with Crippen LogP contribution >= 0.6 is 0 Å². The molecule has 1 aliphatic heterocycles. The van der Waals surface area contributed by atoms with Crippen LogP contribution < -0.4 is 5.32 Å². The summed E-state index contributed by atoms with van der Waals surface area (Å²) in [6.07, 6.45) is 5.31. The third kappa shape index (κ3) is 3.53. The fourth-order valence-electron chi connectivity index (χ4n) is 2.33. The number of amides is 1. The van der Waals surface area contributed by atoms with Crippen LogP contribution in [0.4, 0.5) is 0 Å². The first-order chi connectivity index (χ1) is 9.22. The molecule has 2 rings (SSSR count). The zero-order valence-electron chi connectivity index (χ0n) is 11.8. The Labute approximate surface area is 114 Å². The molecule has 6 heteroatoms. The van der Waals surface area contributed by atoms with Crippen molar-refractivity contribution in [3.05, 3.63) is 11.9 Å². The van der Waals surface area contributed by atoms with Crippen LogP contribution in [0.15, 0.2) is 6.20 Å². The van der Waals surface area contributed by atoms with Crippen molar-refractivity contribution in [1.29, 1.82) is 0 Å². The minimum absolute atomic E-state index is 0.152. The Bertz CT molecular complexity index is 411. The second kappa shape index (κ2) is 6.65. The number of hydrogen-bond donors (Lipinski definition) is 1. The number of aromatic nitrogens is 3. The molecule has 1 N–H and O–H groups in total. The predicted molar refractivity (Wildman–Crippen MR) is 72.5 cm³/mol. The van der Waals surface area contributed by atoms with Gasteiger partial charge in [0.15, 0.2) is 0 Å². The average Bonchev–Trinajstić information content (AvgIpc) is 2.93. The molecule has 106 valence electrons. The minimum atomic E-state index is -0.263. The van der Waals surface area contributed by atoms with Crippen molar-refractivity contribution in [3.63, 3.8) is 0 Å². The summed E-state index contributed by atoms with van der Waals surface area (Å²) in [6, 6.07) is -0.263. The maximum atomic E-state index is 12.3. The van der Waals surface area contributed by atoms with Gasteiger partial charge < -0.3 is 10.2 Å². The number of nitrogens with one attached hydrogen (secondary N) is 1. The first-order valence-corrected chi connectivity index (χ1v) is 7.12. The first kappa shape index (κ1) is 14.0. The summed E-state index contributed by atoms with van der Waals surface area (Å²) in [4.78, 5) is 14.3. The number of carbonyl (C=O) groups excluding carboxylic acids is 1. The maximum Gasteiger partial charge on any atom is 0.247 e. The SMILES string of the molecule is CCNCc1cn(C(C)C(=O)N2CCCCC2)nn1. The summed E-state index contributed by atoms with van der Waals surface area (Å²) in [5.41, 5.74) is 0.875. The van der Waals surface area contributed by atoms with Crippen molar-refractivity contribution >= 4 is 5.91 Å². The summed E-state index contributed by atoms with van der Waals surface area (Å²) < 4.78 is 1.67. The highest BCUT2D eigenvalue weighted by molar-refractivity contribution is 5.80. The van der Waals surface area contributed by atoms with Crippen LogP contribution in [-0.4, -0.2) is 45.4 Å². The molecule has 1 aromatic rings. The van der Waals surface area contributed by atoms with Gasteiger partial charge in [-0.1, -0.05) is 12.1 Å². The van der Waals surface area contributed by atoms with E-state index in [1.54, 1.807) is 4.68 Å². The van der Waals surface area contributed by atoms with E-state index in [1.807, 2.05) is 24.9 Å². The van der Waals surface area contributed by atoms with Crippen molar-refractivity contribution in [2.45, 2.75) is 45.7 Å². The molecule has 1 atom stereocenters. The molecule has 1 fully saturated rings. The Kier molecular flexibility index (Phi) is 4.90. The van der Waals surface area contributed by atoms with E-state index in [0.717, 1.165) is 38.2 Å². The monoisotopic (exact) mass is 265 g/mol. The van der Waals surface area contributed by atoms with Gasteiger partial charge in [0, 0.05) is 19.6 Å². The molecular weight excluding hydrogens is 242 g/mol. The highest BCUT2D eigenvalue weighted by Gasteiger charge is 2.24. The Morgan fingerprint density at radius 3 is 2.84 bits per heavy atom. The van der Waals surface area contributed by atoms with Crippen LogP contribution in [-0.2, 0) is 11.3 Å². The first-order valence-electron chi connectivity index (χ1n) is 7.12. The zero-order chi connectivity index (χ0) is 13.7. The molecule has 0 spiro atoms. The van der Waals surface area contributed by atoms with Gasteiger partial charge in [0.1, 0.15) is 6.04 Å². The molecule has 0 bridgehead atoms. The van der Waals surface area contributed by atoms with Gasteiger partial charge in [-0.05, 0) is 32.7 Å². The molecule has 0 radical (unpaired) electrons. The summed E-state index contributed by atoms with van der Waals surface area (Å²) in [5.74, 6) is 0.152. The number of carbonyl (C=O) groups is 1. The molecule has 0 aromatic carbocycles. The second-order valence-corrected chi connectivity index (χ2v) is 5.03. The molecule has 1 aromatic heterocycles. The number of piperidine rings is 1. The number of likely N-dealkylation sites (tertiary alicyclic amines) is 1. The van der Waals surface area contributed by atoms with Crippen molar-refractivity contribution in [3.8, 4) is 0 Å². The summed E-state index contributed by atoms with van der Waals surface area (Å²) in [5, 5.41) is 11.3. The highest BCUT2D eigenvalue weighted by Crippen LogP contribution is 2.15. The lowest BCUT2D eigenvalue weighted by atomic mass is 10.1. The third-order valence-electron chi connectivity index (χ3n) is 3.54. The van der Waals surface area contributed by atoms with Crippen molar-refractivity contribution < 1.29 is 4.79 Å². The molecule has 0 aliphatic carbocycles. The van der Waals surface area contributed by atoms with E-state index in [4.69, 9.17) is 0 Å². The smallest absolute Gasteiger partial charge is 0.247 e. The minimum Gasteiger partial charge on any atom is -0.341 e. The van der Waals surface area contributed by atoms with E-state index in [-0.39, 0.29) is 11.9 Å². The normalized spacial score (nSPS) is 17.5. The Morgan fingerprint density at radius 2 is 2.16 bits per heavy atom. The number of hydrogen-bond acceptors (Lipinski definition) is 4. The fraction of sp³-hybridized carbons (Fsp3) is 0.769. The van der Waals surface area contributed by atoms with E-state index < -0.39 is 0 Å². The molecule has 1 saturated heterocycles. The molecule has 2 heterocycles. The van der Waals surface area contributed by atoms with Crippen molar-refractivity contribution in [2.24, 2.45) is 0 Å². The molecule has 6 nitrogen and oxygen atoms in total. The van der Waals surface area contributed by atoms with Crippen LogP contribution in [0.25, 0.3) is 0 Å². The van der Waals surface area contributed by atoms with E-state index >= 15 is 0 Å². The Hall–Kier alpha value is -1.43. The van der Waals surface area contributed by atoms with E-state index in [1.165, 1.54) is 6.42 Å². The van der Waals surface area contributed by atoms with Gasteiger partial charge in [-0.25, -0.2) is 4.68 Å². The van der Waals surface area contributed by atoms with E-state index in [9.17, 15) is 4.79 Å². The second-order valence-electron chi connectivity index (χ2n) is 5.03. The molecule has 0 saturated carbocycles.